The van der Waals surface area contributed by atoms with Gasteiger partial charge in [0.15, 0.2) is 0 Å². The van der Waals surface area contributed by atoms with Crippen molar-refractivity contribution >= 4 is 5.91 Å². The van der Waals surface area contributed by atoms with Crippen molar-refractivity contribution in [3.8, 4) is 0 Å². The maximum atomic E-state index is 13.5. The van der Waals surface area contributed by atoms with Crippen LogP contribution < -0.4 is 5.32 Å². The molecule has 1 N–H and O–H groups in total. The predicted octanol–water partition coefficient (Wildman–Crippen LogP) is 1.97. The minimum absolute atomic E-state index is 0.0181. The number of hydrogen-bond acceptors (Lipinski definition) is 3. The van der Waals surface area contributed by atoms with Crippen molar-refractivity contribution < 1.29 is 13.9 Å². The number of hydrogen-bond donors (Lipinski definition) is 1. The Morgan fingerprint density at radius 2 is 2.30 bits per heavy atom. The van der Waals surface area contributed by atoms with Crippen molar-refractivity contribution in [1.29, 1.82) is 0 Å². The van der Waals surface area contributed by atoms with E-state index >= 15 is 0 Å². The first-order valence-corrected chi connectivity index (χ1v) is 8.39. The van der Waals surface area contributed by atoms with Crippen LogP contribution in [0.1, 0.15) is 28.8 Å². The quantitative estimate of drug-likeness (QED) is 0.926. The van der Waals surface area contributed by atoms with E-state index in [4.69, 9.17) is 4.74 Å². The molecule has 4 atom stereocenters. The molecule has 4 rings (SSSR count). The van der Waals surface area contributed by atoms with Crippen LogP contribution in [0.3, 0.4) is 0 Å². The highest BCUT2D eigenvalue weighted by Crippen LogP contribution is 2.54. The Morgan fingerprint density at radius 1 is 1.48 bits per heavy atom. The lowest BCUT2D eigenvalue weighted by Gasteiger charge is -2.29. The average molecular weight is 318 g/mol. The summed E-state index contributed by atoms with van der Waals surface area (Å²) in [6, 6.07) is 4.45. The van der Waals surface area contributed by atoms with E-state index < -0.39 is 0 Å². The molecule has 0 unspecified atom stereocenters. The second-order valence-electron chi connectivity index (χ2n) is 7.45. The molecule has 2 bridgehead atoms. The van der Waals surface area contributed by atoms with Crippen LogP contribution in [0.15, 0.2) is 18.2 Å². The normalized spacial score (nSPS) is 35.5. The number of nitrogens with zero attached hydrogens (tertiary/aromatic N) is 1. The van der Waals surface area contributed by atoms with Crippen LogP contribution in [0.4, 0.5) is 4.39 Å². The molecule has 4 nitrogen and oxygen atoms in total. The van der Waals surface area contributed by atoms with Crippen LogP contribution in [0.5, 0.6) is 0 Å². The second kappa shape index (κ2) is 5.28. The Balaban J connectivity index is 1.44. The fourth-order valence-electron chi connectivity index (χ4n) is 4.88. The molecular formula is C18H23FN2O2. The Labute approximate surface area is 136 Å². The van der Waals surface area contributed by atoms with Gasteiger partial charge in [-0.1, -0.05) is 0 Å². The van der Waals surface area contributed by atoms with Crippen molar-refractivity contribution in [2.75, 3.05) is 26.7 Å². The molecular weight excluding hydrogens is 295 g/mol. The molecule has 0 radical (unpaired) electrons. The van der Waals surface area contributed by atoms with Crippen molar-refractivity contribution in [1.82, 2.24) is 10.2 Å². The molecule has 0 aromatic heterocycles. The lowest BCUT2D eigenvalue weighted by Crippen LogP contribution is -2.41. The van der Waals surface area contributed by atoms with Gasteiger partial charge in [-0.3, -0.25) is 4.79 Å². The van der Waals surface area contributed by atoms with E-state index in [2.05, 4.69) is 17.3 Å². The maximum Gasteiger partial charge on any atom is 0.251 e. The zero-order valence-electron chi connectivity index (χ0n) is 13.6. The number of rotatable bonds is 3. The Kier molecular flexibility index (Phi) is 3.46. The molecule has 23 heavy (non-hydrogen) atoms. The molecule has 0 saturated carbocycles. The topological polar surface area (TPSA) is 41.6 Å². The Morgan fingerprint density at radius 3 is 3.09 bits per heavy atom. The highest BCUT2D eigenvalue weighted by atomic mass is 19.1. The maximum absolute atomic E-state index is 13.5. The number of likely N-dealkylation sites (tertiary alicyclic amines) is 1. The molecule has 3 saturated heterocycles. The molecule has 1 spiro atoms. The number of nitrogens with one attached hydrogen (secondary N) is 1. The van der Waals surface area contributed by atoms with Crippen molar-refractivity contribution in [3.05, 3.63) is 35.1 Å². The monoisotopic (exact) mass is 318 g/mol. The van der Waals surface area contributed by atoms with E-state index in [-0.39, 0.29) is 23.4 Å². The lowest BCUT2D eigenvalue weighted by atomic mass is 9.73. The molecule has 1 aromatic carbocycles. The first kappa shape index (κ1) is 15.1. The third kappa shape index (κ3) is 2.46. The molecule has 0 aliphatic carbocycles. The summed E-state index contributed by atoms with van der Waals surface area (Å²) in [6.07, 6.45) is 2.49. The second-order valence-corrected chi connectivity index (χ2v) is 7.45. The minimum atomic E-state index is -0.366. The molecule has 3 fully saturated rings. The van der Waals surface area contributed by atoms with Gasteiger partial charge in [-0.15, -0.1) is 0 Å². The fourth-order valence-corrected chi connectivity index (χ4v) is 4.88. The number of amides is 1. The van der Waals surface area contributed by atoms with E-state index in [1.165, 1.54) is 12.1 Å². The van der Waals surface area contributed by atoms with Gasteiger partial charge in [-0.25, -0.2) is 4.39 Å². The zero-order chi connectivity index (χ0) is 16.2. The van der Waals surface area contributed by atoms with Crippen LogP contribution in [0.25, 0.3) is 0 Å². The van der Waals surface area contributed by atoms with E-state index in [0.717, 1.165) is 31.5 Å². The van der Waals surface area contributed by atoms with Gasteiger partial charge in [-0.2, -0.15) is 0 Å². The summed E-state index contributed by atoms with van der Waals surface area (Å²) in [6.45, 7) is 4.44. The van der Waals surface area contributed by atoms with Crippen molar-refractivity contribution in [3.63, 3.8) is 0 Å². The number of aryl methyl sites for hydroxylation is 1. The molecule has 3 aliphatic heterocycles. The zero-order valence-corrected chi connectivity index (χ0v) is 13.6. The predicted molar refractivity (Wildman–Crippen MR) is 84.8 cm³/mol. The number of fused-ring (bicyclic) bond motifs is 1. The van der Waals surface area contributed by atoms with Crippen LogP contribution in [-0.4, -0.2) is 49.2 Å². The SMILES string of the molecule is Cc1cc(F)cc(C(=O)NC[C@H]2[C@H]3CN(C)C[C@]34CC[C@H]2O4)c1. The Bertz CT molecular complexity index is 630. The molecule has 3 heterocycles. The van der Waals surface area contributed by atoms with E-state index in [0.29, 0.717) is 23.9 Å². The number of carbonyl (C=O) groups excluding carboxylic acids is 1. The third-order valence-electron chi connectivity index (χ3n) is 5.76. The summed E-state index contributed by atoms with van der Waals surface area (Å²) in [5.41, 5.74) is 1.17. The smallest absolute Gasteiger partial charge is 0.251 e. The average Bonchev–Trinajstić information content (AvgIpc) is 3.10. The fraction of sp³-hybridized carbons (Fsp3) is 0.611. The van der Waals surface area contributed by atoms with Crippen LogP contribution >= 0.6 is 0 Å². The highest BCUT2D eigenvalue weighted by Gasteiger charge is 2.62. The number of benzene rings is 1. The van der Waals surface area contributed by atoms with E-state index in [1.54, 1.807) is 13.0 Å². The molecule has 1 aromatic rings. The number of ether oxygens (including phenoxy) is 1. The van der Waals surface area contributed by atoms with Crippen molar-refractivity contribution in [2.24, 2.45) is 11.8 Å². The third-order valence-corrected chi connectivity index (χ3v) is 5.76. The number of halogens is 1. The van der Waals surface area contributed by atoms with Crippen LogP contribution in [0.2, 0.25) is 0 Å². The van der Waals surface area contributed by atoms with Crippen LogP contribution in [-0.2, 0) is 4.74 Å². The first-order valence-electron chi connectivity index (χ1n) is 8.39. The van der Waals surface area contributed by atoms with Gasteiger partial charge in [0.05, 0.1) is 11.7 Å². The van der Waals surface area contributed by atoms with Gasteiger partial charge in [0.2, 0.25) is 0 Å². The summed E-state index contributed by atoms with van der Waals surface area (Å²) < 4.78 is 19.8. The summed E-state index contributed by atoms with van der Waals surface area (Å²) in [5, 5.41) is 3.00. The van der Waals surface area contributed by atoms with Gasteiger partial charge in [0, 0.05) is 37.0 Å². The molecule has 124 valence electrons. The standard InChI is InChI=1S/C18H23FN2O2/c1-11-5-12(7-13(19)6-11)17(22)20-8-14-15-9-21(2)10-18(15)4-3-16(14)23-18/h5-7,14-16H,3-4,8-10H2,1-2H3,(H,20,22)/t14-,15+,16+,18+/m0/s1. The largest absolute Gasteiger partial charge is 0.370 e. The molecule has 1 amide bonds. The summed E-state index contributed by atoms with van der Waals surface area (Å²) in [4.78, 5) is 14.7. The Hall–Kier alpha value is -1.46. The van der Waals surface area contributed by atoms with E-state index in [1.807, 2.05) is 0 Å². The van der Waals surface area contributed by atoms with Gasteiger partial charge < -0.3 is 15.0 Å². The minimum Gasteiger partial charge on any atom is -0.370 e. The van der Waals surface area contributed by atoms with Gasteiger partial charge in [0.25, 0.3) is 5.91 Å². The lowest BCUT2D eigenvalue weighted by molar-refractivity contribution is 0.00472. The summed E-state index contributed by atoms with van der Waals surface area (Å²) in [7, 11) is 2.13. The summed E-state index contributed by atoms with van der Waals surface area (Å²) in [5.74, 6) is 0.304. The van der Waals surface area contributed by atoms with E-state index in [9.17, 15) is 9.18 Å². The molecule has 3 aliphatic rings. The van der Waals surface area contributed by atoms with Crippen molar-refractivity contribution in [2.45, 2.75) is 31.5 Å². The van der Waals surface area contributed by atoms with Crippen LogP contribution in [0, 0.1) is 24.6 Å². The highest BCUT2D eigenvalue weighted by molar-refractivity contribution is 5.94. The van der Waals surface area contributed by atoms with Gasteiger partial charge in [0.1, 0.15) is 5.82 Å². The van der Waals surface area contributed by atoms with Gasteiger partial charge >= 0.3 is 0 Å². The first-order chi connectivity index (χ1) is 11.0. The number of carbonyl (C=O) groups is 1. The summed E-state index contributed by atoms with van der Waals surface area (Å²) >= 11 is 0. The number of likely N-dealkylation sites (N-methyl/N-ethyl adjacent to an activating group) is 1. The molecule has 5 heteroatoms. The van der Waals surface area contributed by atoms with Gasteiger partial charge in [-0.05, 0) is 50.6 Å².